The van der Waals surface area contributed by atoms with Crippen molar-refractivity contribution in [1.82, 2.24) is 19.4 Å². The number of morpholine rings is 1. The molecule has 300 valence electrons. The number of carbonyl (C=O) groups excluding carboxylic acids is 1. The SMILES string of the molecule is CC.CC.Cc1cc(N2CCOC[C@@H]2C(C)(F)F)cc(F)c1C(=O)N[C@@H](Cc1ccc(-n2c(=O)c3cc(N(C)C)ccc3n(C)c2=O)c2ncccc12)C(=O)O. The maximum Gasteiger partial charge on any atom is 0.335 e. The fourth-order valence-electron chi connectivity index (χ4n) is 6.68. The van der Waals surface area contributed by atoms with Crippen LogP contribution in [0.2, 0.25) is 0 Å². The number of hydrogen-bond acceptors (Lipinski definition) is 8. The van der Waals surface area contributed by atoms with Gasteiger partial charge >= 0.3 is 11.7 Å². The van der Waals surface area contributed by atoms with Crippen molar-refractivity contribution >= 4 is 45.1 Å². The van der Waals surface area contributed by atoms with E-state index in [1.54, 1.807) is 43.4 Å². The van der Waals surface area contributed by atoms with Gasteiger partial charge < -0.3 is 25.0 Å². The highest BCUT2D eigenvalue weighted by Gasteiger charge is 2.41. The van der Waals surface area contributed by atoms with E-state index < -0.39 is 52.5 Å². The summed E-state index contributed by atoms with van der Waals surface area (Å²) >= 11 is 0. The Hall–Kier alpha value is -5.70. The van der Waals surface area contributed by atoms with Crippen LogP contribution in [0.15, 0.2) is 70.4 Å². The van der Waals surface area contributed by atoms with Gasteiger partial charge in [-0.25, -0.2) is 27.3 Å². The van der Waals surface area contributed by atoms with Gasteiger partial charge in [0.25, 0.3) is 17.4 Å². The number of hydrogen-bond donors (Lipinski definition) is 2. The number of fused-ring (bicyclic) bond motifs is 2. The Morgan fingerprint density at radius 2 is 1.75 bits per heavy atom. The fraction of sp³-hybridized carbons (Fsp3) is 0.390. The largest absolute Gasteiger partial charge is 0.480 e. The minimum absolute atomic E-state index is 0.0860. The van der Waals surface area contributed by atoms with Crippen LogP contribution in [-0.4, -0.2) is 83.0 Å². The summed E-state index contributed by atoms with van der Waals surface area (Å²) in [6.07, 6.45) is 1.21. The maximum atomic E-state index is 15.6. The Kier molecular flexibility index (Phi) is 13.7. The lowest BCUT2D eigenvalue weighted by atomic mass is 9.99. The van der Waals surface area contributed by atoms with Gasteiger partial charge in [-0.05, 0) is 60.5 Å². The van der Waals surface area contributed by atoms with E-state index in [-0.39, 0.29) is 48.6 Å². The molecule has 2 atom stereocenters. The Morgan fingerprint density at radius 1 is 1.05 bits per heavy atom. The molecule has 0 bridgehead atoms. The molecule has 0 radical (unpaired) electrons. The number of carbonyl (C=O) groups is 2. The van der Waals surface area contributed by atoms with Crippen molar-refractivity contribution < 1.29 is 32.6 Å². The molecule has 1 amide bonds. The molecular formula is C41H49F3N6O6. The highest BCUT2D eigenvalue weighted by Crippen LogP contribution is 2.32. The lowest BCUT2D eigenvalue weighted by molar-refractivity contribution is -0.139. The summed E-state index contributed by atoms with van der Waals surface area (Å²) in [4.78, 5) is 61.0. The molecule has 0 aliphatic carbocycles. The Bertz CT molecular complexity index is 2330. The van der Waals surface area contributed by atoms with E-state index in [1.165, 1.54) is 34.7 Å². The van der Waals surface area contributed by atoms with E-state index in [4.69, 9.17) is 4.74 Å². The monoisotopic (exact) mass is 778 g/mol. The number of halogens is 3. The average Bonchev–Trinajstić information content (AvgIpc) is 3.18. The number of nitrogens with zero attached hydrogens (tertiary/aromatic N) is 5. The second-order valence-corrected chi connectivity index (χ2v) is 13.1. The molecule has 6 rings (SSSR count). The van der Waals surface area contributed by atoms with Gasteiger partial charge in [0, 0.05) is 64.0 Å². The predicted octanol–water partition coefficient (Wildman–Crippen LogP) is 6.09. The van der Waals surface area contributed by atoms with E-state index in [0.29, 0.717) is 21.9 Å². The Morgan fingerprint density at radius 3 is 2.38 bits per heavy atom. The Balaban J connectivity index is 0.00000169. The summed E-state index contributed by atoms with van der Waals surface area (Å²) < 4.78 is 51.8. The van der Waals surface area contributed by atoms with Gasteiger partial charge in [-0.1, -0.05) is 39.8 Å². The summed E-state index contributed by atoms with van der Waals surface area (Å²) in [5.41, 5.74) is 0.727. The normalized spacial score (nSPS) is 14.6. The number of ether oxygens (including phenoxy) is 1. The summed E-state index contributed by atoms with van der Waals surface area (Å²) in [7, 11) is 5.22. The second kappa shape index (κ2) is 17.8. The molecule has 15 heteroatoms. The summed E-state index contributed by atoms with van der Waals surface area (Å²) in [5, 5.41) is 13.3. The average molecular weight is 779 g/mol. The summed E-state index contributed by atoms with van der Waals surface area (Å²) in [6.45, 7) is 10.2. The standard InChI is InChI=1S/C37H37F3N6O6.2C2H6/c1-20-15-23(45-13-14-52-19-30(45)37(2,39)40)18-26(38)31(20)33(47)42-27(35(49)50)16-21-8-10-29(32-24(21)7-6-12-41-32)46-34(48)25-17-22(43(3)4)9-11-28(25)44(5)36(46)51;2*1-2/h6-12,15,17-18,27,30H,13-14,16,19H2,1-5H3,(H,42,47)(H,49,50);2*1-2H3/t27-,30+;;/m0../s1. The van der Waals surface area contributed by atoms with E-state index in [9.17, 15) is 33.1 Å². The van der Waals surface area contributed by atoms with E-state index in [0.717, 1.165) is 23.2 Å². The van der Waals surface area contributed by atoms with Crippen LogP contribution in [0.1, 0.15) is 56.1 Å². The number of amides is 1. The molecular weight excluding hydrogens is 729 g/mol. The van der Waals surface area contributed by atoms with Crippen LogP contribution < -0.4 is 26.4 Å². The smallest absolute Gasteiger partial charge is 0.335 e. The van der Waals surface area contributed by atoms with Gasteiger partial charge in [0.2, 0.25) is 0 Å². The fourth-order valence-corrected chi connectivity index (χ4v) is 6.68. The van der Waals surface area contributed by atoms with Gasteiger partial charge in [-0.15, -0.1) is 0 Å². The van der Waals surface area contributed by atoms with Crippen molar-refractivity contribution in [3.05, 3.63) is 104 Å². The lowest BCUT2D eigenvalue weighted by Gasteiger charge is -2.40. The van der Waals surface area contributed by atoms with Gasteiger partial charge in [-0.3, -0.25) is 19.1 Å². The molecule has 5 aromatic rings. The van der Waals surface area contributed by atoms with E-state index in [2.05, 4.69) is 10.3 Å². The topological polar surface area (TPSA) is 139 Å². The number of aromatic nitrogens is 3. The highest BCUT2D eigenvalue weighted by molar-refractivity contribution is 5.99. The maximum absolute atomic E-state index is 15.6. The first-order valence-corrected chi connectivity index (χ1v) is 18.4. The van der Waals surface area contributed by atoms with Gasteiger partial charge in [0.15, 0.2) is 0 Å². The van der Waals surface area contributed by atoms with Crippen molar-refractivity contribution in [3.8, 4) is 5.69 Å². The molecule has 1 saturated heterocycles. The molecule has 1 aliphatic heterocycles. The molecule has 2 aromatic heterocycles. The van der Waals surface area contributed by atoms with Gasteiger partial charge in [0.1, 0.15) is 17.9 Å². The minimum Gasteiger partial charge on any atom is -0.480 e. The molecule has 12 nitrogen and oxygen atoms in total. The minimum atomic E-state index is -3.15. The highest BCUT2D eigenvalue weighted by atomic mass is 19.3. The Labute approximate surface area is 323 Å². The molecule has 1 aliphatic rings. The molecule has 3 heterocycles. The molecule has 0 unspecified atom stereocenters. The number of pyridine rings is 1. The third-order valence-corrected chi connectivity index (χ3v) is 9.42. The molecule has 56 heavy (non-hydrogen) atoms. The zero-order valence-electron chi connectivity index (χ0n) is 33.1. The van der Waals surface area contributed by atoms with E-state index >= 15 is 4.39 Å². The number of anilines is 2. The predicted molar refractivity (Wildman–Crippen MR) is 213 cm³/mol. The quantitative estimate of drug-likeness (QED) is 0.182. The van der Waals surface area contributed by atoms with Crippen molar-refractivity contribution in [2.24, 2.45) is 7.05 Å². The summed E-state index contributed by atoms with van der Waals surface area (Å²) in [5.74, 6) is -6.55. The van der Waals surface area contributed by atoms with Crippen LogP contribution in [0, 0.1) is 12.7 Å². The van der Waals surface area contributed by atoms with Crippen LogP contribution in [0.4, 0.5) is 24.5 Å². The van der Waals surface area contributed by atoms with Crippen LogP contribution in [0.3, 0.4) is 0 Å². The number of aryl methyl sites for hydroxylation is 2. The number of alkyl halides is 2. The van der Waals surface area contributed by atoms with Gasteiger partial charge in [-0.2, -0.15) is 0 Å². The van der Waals surface area contributed by atoms with Crippen molar-refractivity contribution in [2.75, 3.05) is 43.7 Å². The van der Waals surface area contributed by atoms with E-state index in [1.807, 2.05) is 46.7 Å². The molecule has 0 spiro atoms. The lowest BCUT2D eigenvalue weighted by Crippen LogP contribution is -2.54. The van der Waals surface area contributed by atoms with Crippen LogP contribution in [0.25, 0.3) is 27.5 Å². The van der Waals surface area contributed by atoms with Crippen molar-refractivity contribution in [3.63, 3.8) is 0 Å². The molecule has 0 saturated carbocycles. The van der Waals surface area contributed by atoms with Crippen molar-refractivity contribution in [2.45, 2.75) is 66.0 Å². The first kappa shape index (κ1) is 43.0. The first-order valence-electron chi connectivity index (χ1n) is 18.4. The number of carboxylic acids is 1. The van der Waals surface area contributed by atoms with Gasteiger partial charge in [0.05, 0.1) is 40.9 Å². The first-order chi connectivity index (χ1) is 26.6. The number of aliphatic carboxylic acids is 1. The zero-order chi connectivity index (χ0) is 41.6. The molecule has 1 fully saturated rings. The number of rotatable bonds is 9. The number of benzene rings is 3. The number of nitrogens with one attached hydrogen (secondary N) is 1. The summed E-state index contributed by atoms with van der Waals surface area (Å²) in [6, 6.07) is 11.0. The number of carboxylic acid groups (broad SMARTS) is 1. The van der Waals surface area contributed by atoms with Crippen LogP contribution in [-0.2, 0) is 23.0 Å². The molecule has 2 N–H and O–H groups in total. The molecule has 3 aromatic carbocycles. The van der Waals surface area contributed by atoms with Crippen molar-refractivity contribution in [1.29, 1.82) is 0 Å². The van der Waals surface area contributed by atoms with Crippen LogP contribution >= 0.6 is 0 Å². The third-order valence-electron chi connectivity index (χ3n) is 9.42. The zero-order valence-corrected chi connectivity index (χ0v) is 33.1. The second-order valence-electron chi connectivity index (χ2n) is 13.1. The van der Waals surface area contributed by atoms with Crippen LogP contribution in [0.5, 0.6) is 0 Å². The third kappa shape index (κ3) is 8.57.